The summed E-state index contributed by atoms with van der Waals surface area (Å²) >= 11 is 0. The maximum absolute atomic E-state index is 5.65. The van der Waals surface area contributed by atoms with Crippen LogP contribution in [0.1, 0.15) is 25.0 Å². The molecule has 0 spiro atoms. The number of morpholine rings is 1. The second-order valence-electron chi connectivity index (χ2n) is 5.28. The average molecular weight is 248 g/mol. The lowest BCUT2D eigenvalue weighted by Gasteiger charge is -2.36. The minimum absolute atomic E-state index is 0.345. The number of nitrogens with two attached hydrogens (primary N) is 1. The van der Waals surface area contributed by atoms with E-state index >= 15 is 0 Å². The molecule has 1 saturated heterocycles. The molecule has 3 nitrogen and oxygen atoms in total. The number of nitrogens with zero attached hydrogens (tertiary/aromatic N) is 1. The van der Waals surface area contributed by atoms with E-state index in [1.54, 1.807) is 0 Å². The number of ether oxygens (including phenoxy) is 1. The Balaban J connectivity index is 1.95. The molecule has 1 fully saturated rings. The van der Waals surface area contributed by atoms with Gasteiger partial charge in [0.1, 0.15) is 0 Å². The first-order valence-electron chi connectivity index (χ1n) is 6.82. The van der Waals surface area contributed by atoms with Crippen LogP contribution in [0.3, 0.4) is 0 Å². The van der Waals surface area contributed by atoms with Gasteiger partial charge in [0, 0.05) is 19.1 Å². The van der Waals surface area contributed by atoms with Gasteiger partial charge in [0.15, 0.2) is 0 Å². The summed E-state index contributed by atoms with van der Waals surface area (Å²) in [5, 5.41) is 0. The van der Waals surface area contributed by atoms with Crippen molar-refractivity contribution in [3.05, 3.63) is 35.4 Å². The highest BCUT2D eigenvalue weighted by molar-refractivity contribution is 5.22. The number of rotatable bonds is 4. The molecule has 0 saturated carbocycles. The molecule has 2 rings (SSSR count). The van der Waals surface area contributed by atoms with Crippen LogP contribution in [0.5, 0.6) is 0 Å². The normalized spacial score (nSPS) is 25.3. The standard InChI is InChI=1S/C15H24N2O/c1-12-11-18-13(2)9-17(12)10-15-5-3-14(4-6-15)7-8-16/h3-6,12-13H,7-11,16H2,1-2H3. The van der Waals surface area contributed by atoms with Crippen LogP contribution in [0.25, 0.3) is 0 Å². The first kappa shape index (κ1) is 13.5. The maximum Gasteiger partial charge on any atom is 0.0674 e. The fraction of sp³-hybridized carbons (Fsp3) is 0.600. The van der Waals surface area contributed by atoms with Crippen molar-refractivity contribution >= 4 is 0 Å². The van der Waals surface area contributed by atoms with Crippen LogP contribution in [0, 0.1) is 0 Å². The summed E-state index contributed by atoms with van der Waals surface area (Å²) in [7, 11) is 0. The predicted octanol–water partition coefficient (Wildman–Crippen LogP) is 1.80. The summed E-state index contributed by atoms with van der Waals surface area (Å²) in [4.78, 5) is 2.49. The minimum atomic E-state index is 0.345. The molecule has 0 bridgehead atoms. The van der Waals surface area contributed by atoms with Gasteiger partial charge in [-0.15, -0.1) is 0 Å². The second kappa shape index (κ2) is 6.32. The van der Waals surface area contributed by atoms with Crippen LogP contribution in [0.2, 0.25) is 0 Å². The molecule has 2 atom stereocenters. The minimum Gasteiger partial charge on any atom is -0.376 e. The van der Waals surface area contributed by atoms with Crippen LogP contribution in [0.15, 0.2) is 24.3 Å². The smallest absolute Gasteiger partial charge is 0.0674 e. The summed E-state index contributed by atoms with van der Waals surface area (Å²) in [6.07, 6.45) is 1.31. The lowest BCUT2D eigenvalue weighted by atomic mass is 10.1. The molecule has 0 radical (unpaired) electrons. The van der Waals surface area contributed by atoms with Crippen molar-refractivity contribution in [1.82, 2.24) is 4.90 Å². The summed E-state index contributed by atoms with van der Waals surface area (Å²) in [5.41, 5.74) is 8.26. The third-order valence-electron chi connectivity index (χ3n) is 3.58. The van der Waals surface area contributed by atoms with Gasteiger partial charge in [0.25, 0.3) is 0 Å². The Morgan fingerprint density at radius 2 is 1.89 bits per heavy atom. The van der Waals surface area contributed by atoms with Crippen molar-refractivity contribution in [1.29, 1.82) is 0 Å². The van der Waals surface area contributed by atoms with Crippen LogP contribution in [-0.2, 0) is 17.7 Å². The zero-order chi connectivity index (χ0) is 13.0. The van der Waals surface area contributed by atoms with Gasteiger partial charge in [-0.1, -0.05) is 24.3 Å². The molecule has 3 heteroatoms. The summed E-state index contributed by atoms with van der Waals surface area (Å²) in [6.45, 7) is 7.96. The molecule has 100 valence electrons. The van der Waals surface area contributed by atoms with E-state index in [0.29, 0.717) is 12.1 Å². The van der Waals surface area contributed by atoms with Gasteiger partial charge in [0.2, 0.25) is 0 Å². The van der Waals surface area contributed by atoms with E-state index < -0.39 is 0 Å². The van der Waals surface area contributed by atoms with E-state index in [1.807, 2.05) is 0 Å². The molecule has 1 heterocycles. The van der Waals surface area contributed by atoms with Crippen molar-refractivity contribution in [2.75, 3.05) is 19.7 Å². The first-order chi connectivity index (χ1) is 8.69. The largest absolute Gasteiger partial charge is 0.376 e. The van der Waals surface area contributed by atoms with E-state index in [4.69, 9.17) is 10.5 Å². The molecule has 0 amide bonds. The number of hydrogen-bond donors (Lipinski definition) is 1. The Kier molecular flexibility index (Phi) is 4.75. The Morgan fingerprint density at radius 1 is 1.22 bits per heavy atom. The van der Waals surface area contributed by atoms with Gasteiger partial charge < -0.3 is 10.5 Å². The SMILES string of the molecule is CC1CN(Cc2ccc(CCN)cc2)C(C)CO1. The Morgan fingerprint density at radius 3 is 2.56 bits per heavy atom. The van der Waals surface area contributed by atoms with E-state index in [1.165, 1.54) is 11.1 Å². The van der Waals surface area contributed by atoms with Crippen molar-refractivity contribution in [2.24, 2.45) is 5.73 Å². The fourth-order valence-electron chi connectivity index (χ4n) is 2.40. The lowest BCUT2D eigenvalue weighted by molar-refractivity contribution is -0.0526. The van der Waals surface area contributed by atoms with Crippen molar-refractivity contribution in [2.45, 2.75) is 39.0 Å². The molecule has 2 unspecified atom stereocenters. The van der Waals surface area contributed by atoms with Crippen molar-refractivity contribution in [3.8, 4) is 0 Å². The average Bonchev–Trinajstić information content (AvgIpc) is 2.37. The quantitative estimate of drug-likeness (QED) is 0.883. The highest BCUT2D eigenvalue weighted by atomic mass is 16.5. The lowest BCUT2D eigenvalue weighted by Crippen LogP contribution is -2.46. The third kappa shape index (κ3) is 3.55. The topological polar surface area (TPSA) is 38.5 Å². The maximum atomic E-state index is 5.65. The van der Waals surface area contributed by atoms with Gasteiger partial charge in [-0.3, -0.25) is 4.90 Å². The number of hydrogen-bond acceptors (Lipinski definition) is 3. The molecular weight excluding hydrogens is 224 g/mol. The van der Waals surface area contributed by atoms with Gasteiger partial charge in [0.05, 0.1) is 12.7 Å². The molecule has 2 N–H and O–H groups in total. The fourth-order valence-corrected chi connectivity index (χ4v) is 2.40. The Bertz CT molecular complexity index is 363. The Labute approximate surface area is 110 Å². The molecular formula is C15H24N2O. The van der Waals surface area contributed by atoms with E-state index in [0.717, 1.165) is 32.7 Å². The molecule has 0 aromatic heterocycles. The highest BCUT2D eigenvalue weighted by Gasteiger charge is 2.23. The molecule has 0 aliphatic carbocycles. The zero-order valence-electron chi connectivity index (χ0n) is 11.4. The molecule has 18 heavy (non-hydrogen) atoms. The summed E-state index contributed by atoms with van der Waals surface area (Å²) < 4.78 is 5.65. The van der Waals surface area contributed by atoms with Crippen molar-refractivity contribution < 1.29 is 4.74 Å². The van der Waals surface area contributed by atoms with Crippen LogP contribution in [0.4, 0.5) is 0 Å². The monoisotopic (exact) mass is 248 g/mol. The third-order valence-corrected chi connectivity index (χ3v) is 3.58. The second-order valence-corrected chi connectivity index (χ2v) is 5.28. The van der Waals surface area contributed by atoms with E-state index in [-0.39, 0.29) is 0 Å². The van der Waals surface area contributed by atoms with Gasteiger partial charge >= 0.3 is 0 Å². The molecule has 1 aromatic rings. The van der Waals surface area contributed by atoms with E-state index in [9.17, 15) is 0 Å². The van der Waals surface area contributed by atoms with Crippen molar-refractivity contribution in [3.63, 3.8) is 0 Å². The predicted molar refractivity (Wildman–Crippen MR) is 74.5 cm³/mol. The van der Waals surface area contributed by atoms with Gasteiger partial charge in [-0.05, 0) is 37.9 Å². The summed E-state index contributed by atoms with van der Waals surface area (Å²) in [5.74, 6) is 0. The van der Waals surface area contributed by atoms with Gasteiger partial charge in [-0.2, -0.15) is 0 Å². The van der Waals surface area contributed by atoms with Crippen LogP contribution in [-0.4, -0.2) is 36.7 Å². The zero-order valence-corrected chi connectivity index (χ0v) is 11.4. The molecule has 1 aromatic carbocycles. The number of benzene rings is 1. The first-order valence-corrected chi connectivity index (χ1v) is 6.82. The van der Waals surface area contributed by atoms with E-state index in [2.05, 4.69) is 43.0 Å². The molecule has 1 aliphatic heterocycles. The van der Waals surface area contributed by atoms with Crippen LogP contribution >= 0.6 is 0 Å². The van der Waals surface area contributed by atoms with Gasteiger partial charge in [-0.25, -0.2) is 0 Å². The molecule has 1 aliphatic rings. The highest BCUT2D eigenvalue weighted by Crippen LogP contribution is 2.15. The Hall–Kier alpha value is -0.900. The summed E-state index contributed by atoms with van der Waals surface area (Å²) in [6, 6.07) is 9.33. The van der Waals surface area contributed by atoms with Crippen LogP contribution < -0.4 is 5.73 Å².